The monoisotopic (exact) mass is 295 g/mol. The van der Waals surface area contributed by atoms with Crippen LogP contribution < -0.4 is 15.8 Å². The Bertz CT molecular complexity index is 664. The van der Waals surface area contributed by atoms with E-state index in [4.69, 9.17) is 22.1 Å². The Morgan fingerprint density at radius 3 is 2.90 bits per heavy atom. The number of nitrogens with one attached hydrogen (secondary N) is 1. The van der Waals surface area contributed by atoms with Crippen LogP contribution in [0.2, 0.25) is 5.02 Å². The second-order valence-electron chi connectivity index (χ2n) is 3.89. The molecule has 1 aromatic carbocycles. The first-order valence-corrected chi connectivity index (χ1v) is 5.95. The van der Waals surface area contributed by atoms with Crippen LogP contribution in [-0.2, 0) is 0 Å². The number of methoxy groups -OCH3 is 1. The second kappa shape index (κ2) is 5.75. The molecule has 3 N–H and O–H groups in total. The largest absolute Gasteiger partial charge is 0.494 e. The highest BCUT2D eigenvalue weighted by Gasteiger charge is 2.13. The van der Waals surface area contributed by atoms with Gasteiger partial charge in [0.25, 0.3) is 5.91 Å². The molecule has 2 aromatic rings. The third-order valence-corrected chi connectivity index (χ3v) is 2.83. The van der Waals surface area contributed by atoms with Gasteiger partial charge in [-0.25, -0.2) is 9.37 Å². The summed E-state index contributed by atoms with van der Waals surface area (Å²) in [5.74, 6) is -0.783. The SMILES string of the molecule is COc1cc(NC(=O)c2cc(N)ncc2Cl)ccc1F. The first-order chi connectivity index (χ1) is 9.51. The third kappa shape index (κ3) is 2.97. The van der Waals surface area contributed by atoms with Crippen molar-refractivity contribution in [3.05, 3.63) is 46.9 Å². The molecule has 104 valence electrons. The minimum atomic E-state index is -0.517. The van der Waals surface area contributed by atoms with Gasteiger partial charge in [0.2, 0.25) is 0 Å². The molecule has 0 unspecified atom stereocenters. The van der Waals surface area contributed by atoms with Crippen molar-refractivity contribution in [1.29, 1.82) is 0 Å². The average molecular weight is 296 g/mol. The molecule has 0 saturated carbocycles. The number of hydrogen-bond donors (Lipinski definition) is 2. The lowest BCUT2D eigenvalue weighted by molar-refractivity contribution is 0.102. The zero-order valence-electron chi connectivity index (χ0n) is 10.5. The van der Waals surface area contributed by atoms with Crippen LogP contribution in [0.1, 0.15) is 10.4 Å². The number of ether oxygens (including phenoxy) is 1. The van der Waals surface area contributed by atoms with Crippen LogP contribution in [0.5, 0.6) is 5.75 Å². The highest BCUT2D eigenvalue weighted by atomic mass is 35.5. The van der Waals surface area contributed by atoms with Crippen LogP contribution in [0, 0.1) is 5.82 Å². The molecular formula is C13H11ClFN3O2. The molecule has 0 saturated heterocycles. The summed E-state index contributed by atoms with van der Waals surface area (Å²) in [7, 11) is 1.34. The summed E-state index contributed by atoms with van der Waals surface area (Å²) in [5.41, 5.74) is 6.06. The van der Waals surface area contributed by atoms with Crippen molar-refractivity contribution >= 4 is 29.0 Å². The number of hydrogen-bond acceptors (Lipinski definition) is 4. The Labute approximate surface area is 119 Å². The van der Waals surface area contributed by atoms with Crippen LogP contribution in [-0.4, -0.2) is 18.0 Å². The molecule has 0 spiro atoms. The summed E-state index contributed by atoms with van der Waals surface area (Å²) in [6, 6.07) is 5.33. The summed E-state index contributed by atoms with van der Waals surface area (Å²) >= 11 is 5.88. The number of amides is 1. The van der Waals surface area contributed by atoms with Gasteiger partial charge in [0, 0.05) is 18.0 Å². The van der Waals surface area contributed by atoms with Crippen molar-refractivity contribution in [1.82, 2.24) is 4.98 Å². The van der Waals surface area contributed by atoms with Crippen LogP contribution in [0.3, 0.4) is 0 Å². The lowest BCUT2D eigenvalue weighted by Gasteiger charge is -2.09. The summed E-state index contributed by atoms with van der Waals surface area (Å²) in [6.07, 6.45) is 1.29. The van der Waals surface area contributed by atoms with E-state index in [9.17, 15) is 9.18 Å². The first-order valence-electron chi connectivity index (χ1n) is 5.57. The molecule has 0 radical (unpaired) electrons. The molecule has 1 aromatic heterocycles. The minimum absolute atomic E-state index is 0.0307. The van der Waals surface area contributed by atoms with Crippen molar-refractivity contribution in [2.45, 2.75) is 0 Å². The number of nitrogen functional groups attached to an aromatic ring is 1. The smallest absolute Gasteiger partial charge is 0.257 e. The number of halogens is 2. The maximum absolute atomic E-state index is 13.3. The predicted molar refractivity (Wildman–Crippen MR) is 74.6 cm³/mol. The van der Waals surface area contributed by atoms with Crippen molar-refractivity contribution in [2.24, 2.45) is 0 Å². The van der Waals surface area contributed by atoms with Crippen molar-refractivity contribution in [3.63, 3.8) is 0 Å². The van der Waals surface area contributed by atoms with Crippen molar-refractivity contribution < 1.29 is 13.9 Å². The number of carbonyl (C=O) groups is 1. The van der Waals surface area contributed by atoms with E-state index >= 15 is 0 Å². The zero-order chi connectivity index (χ0) is 14.7. The molecular weight excluding hydrogens is 285 g/mol. The lowest BCUT2D eigenvalue weighted by atomic mass is 10.2. The van der Waals surface area contributed by atoms with E-state index < -0.39 is 11.7 Å². The number of anilines is 2. The number of nitrogens with zero attached hydrogens (tertiary/aromatic N) is 1. The van der Waals surface area contributed by atoms with Crippen LogP contribution in [0.25, 0.3) is 0 Å². The van der Waals surface area contributed by atoms with Gasteiger partial charge >= 0.3 is 0 Å². The highest BCUT2D eigenvalue weighted by Crippen LogP contribution is 2.23. The fraction of sp³-hybridized carbons (Fsp3) is 0.0769. The van der Waals surface area contributed by atoms with Gasteiger partial charge in [-0.1, -0.05) is 11.6 Å². The molecule has 0 aliphatic rings. The number of nitrogens with two attached hydrogens (primary N) is 1. The molecule has 2 rings (SSSR count). The Balaban J connectivity index is 2.25. The maximum Gasteiger partial charge on any atom is 0.257 e. The van der Waals surface area contributed by atoms with Gasteiger partial charge in [0.05, 0.1) is 17.7 Å². The Kier molecular flexibility index (Phi) is 4.05. The number of pyridine rings is 1. The van der Waals surface area contributed by atoms with Crippen LogP contribution in [0.4, 0.5) is 15.9 Å². The topological polar surface area (TPSA) is 77.2 Å². The minimum Gasteiger partial charge on any atom is -0.494 e. The number of carbonyl (C=O) groups excluding carboxylic acids is 1. The van der Waals surface area contributed by atoms with Gasteiger partial charge in [-0.05, 0) is 18.2 Å². The van der Waals surface area contributed by atoms with Gasteiger partial charge in [-0.2, -0.15) is 0 Å². The van der Waals surface area contributed by atoms with Crippen molar-refractivity contribution in [3.8, 4) is 5.75 Å². The number of benzene rings is 1. The maximum atomic E-state index is 13.3. The molecule has 7 heteroatoms. The van der Waals surface area contributed by atoms with E-state index in [1.165, 1.54) is 37.6 Å². The third-order valence-electron chi connectivity index (χ3n) is 2.53. The van der Waals surface area contributed by atoms with E-state index in [-0.39, 0.29) is 22.2 Å². The summed E-state index contributed by atoms with van der Waals surface area (Å²) in [5, 5.41) is 2.75. The van der Waals surface area contributed by atoms with E-state index in [0.29, 0.717) is 5.69 Å². The van der Waals surface area contributed by atoms with Gasteiger partial charge in [-0.15, -0.1) is 0 Å². The Hall–Kier alpha value is -2.34. The van der Waals surface area contributed by atoms with Crippen LogP contribution in [0.15, 0.2) is 30.5 Å². The van der Waals surface area contributed by atoms with Crippen molar-refractivity contribution in [2.75, 3.05) is 18.2 Å². The lowest BCUT2D eigenvalue weighted by Crippen LogP contribution is -2.13. The van der Waals surface area contributed by atoms with Gasteiger partial charge in [0.15, 0.2) is 11.6 Å². The Morgan fingerprint density at radius 2 is 2.20 bits per heavy atom. The van der Waals surface area contributed by atoms with E-state index in [1.807, 2.05) is 0 Å². The fourth-order valence-electron chi connectivity index (χ4n) is 1.56. The summed E-state index contributed by atoms with van der Waals surface area (Å²) in [6.45, 7) is 0. The molecule has 1 heterocycles. The highest BCUT2D eigenvalue weighted by molar-refractivity contribution is 6.34. The van der Waals surface area contributed by atoms with E-state index in [1.54, 1.807) is 0 Å². The second-order valence-corrected chi connectivity index (χ2v) is 4.30. The Morgan fingerprint density at radius 1 is 1.45 bits per heavy atom. The van der Waals surface area contributed by atoms with Gasteiger partial charge < -0.3 is 15.8 Å². The quantitative estimate of drug-likeness (QED) is 0.912. The van der Waals surface area contributed by atoms with Gasteiger partial charge in [0.1, 0.15) is 5.82 Å². The molecule has 20 heavy (non-hydrogen) atoms. The standard InChI is InChI=1S/C13H11ClFN3O2/c1-20-11-4-7(2-3-10(11)15)18-13(19)8-5-12(16)17-6-9(8)14/h2-6H,1H3,(H2,16,17)(H,18,19). The predicted octanol–water partition coefficient (Wildman–Crippen LogP) is 2.72. The number of rotatable bonds is 3. The van der Waals surface area contributed by atoms with E-state index in [0.717, 1.165) is 0 Å². The molecule has 0 atom stereocenters. The average Bonchev–Trinajstić information content (AvgIpc) is 2.43. The molecule has 0 fully saturated rings. The zero-order valence-corrected chi connectivity index (χ0v) is 11.2. The molecule has 5 nitrogen and oxygen atoms in total. The van der Waals surface area contributed by atoms with Gasteiger partial charge in [-0.3, -0.25) is 4.79 Å². The van der Waals surface area contributed by atoms with E-state index in [2.05, 4.69) is 10.3 Å². The van der Waals surface area contributed by atoms with Crippen LogP contribution >= 0.6 is 11.6 Å². The number of aromatic nitrogens is 1. The molecule has 0 aliphatic carbocycles. The first kappa shape index (κ1) is 14.1. The fourth-order valence-corrected chi connectivity index (χ4v) is 1.75. The normalized spacial score (nSPS) is 10.2. The summed E-state index contributed by atoms with van der Waals surface area (Å²) < 4.78 is 18.1. The molecule has 0 aliphatic heterocycles. The molecule has 0 bridgehead atoms. The molecule has 1 amide bonds. The summed E-state index contributed by atoms with van der Waals surface area (Å²) in [4.78, 5) is 15.8.